The molecular formula is C17H19N3O3S. The first-order valence-corrected chi connectivity index (χ1v) is 8.80. The average molecular weight is 345 g/mol. The van der Waals surface area contributed by atoms with Gasteiger partial charge in [0, 0.05) is 17.0 Å². The first-order valence-electron chi connectivity index (χ1n) is 7.92. The molecule has 126 valence electrons. The fourth-order valence-corrected chi connectivity index (χ4v) is 2.88. The molecule has 2 N–H and O–H groups in total. The van der Waals surface area contributed by atoms with E-state index in [4.69, 9.17) is 4.74 Å². The molecule has 0 spiro atoms. The molecule has 0 aliphatic heterocycles. The minimum atomic E-state index is -0.149. The maximum atomic E-state index is 12.1. The van der Waals surface area contributed by atoms with Crippen LogP contribution >= 0.6 is 11.3 Å². The Morgan fingerprint density at radius 2 is 2.00 bits per heavy atom. The molecule has 7 heteroatoms. The molecule has 6 nitrogen and oxygen atoms in total. The number of hydrogen-bond acceptors (Lipinski definition) is 5. The zero-order valence-electron chi connectivity index (χ0n) is 13.4. The highest BCUT2D eigenvalue weighted by atomic mass is 32.1. The summed E-state index contributed by atoms with van der Waals surface area (Å²) in [6, 6.07) is 7.22. The van der Waals surface area contributed by atoms with E-state index in [9.17, 15) is 9.59 Å². The van der Waals surface area contributed by atoms with E-state index in [1.165, 1.54) is 11.3 Å². The van der Waals surface area contributed by atoms with Crippen LogP contribution < -0.4 is 15.4 Å². The Bertz CT molecular complexity index is 723. The van der Waals surface area contributed by atoms with Crippen molar-refractivity contribution in [2.24, 2.45) is 5.92 Å². The Kier molecular flexibility index (Phi) is 5.10. The van der Waals surface area contributed by atoms with Gasteiger partial charge in [-0.2, -0.15) is 0 Å². The van der Waals surface area contributed by atoms with Crippen molar-refractivity contribution in [2.75, 3.05) is 17.2 Å². The molecule has 0 unspecified atom stereocenters. The summed E-state index contributed by atoms with van der Waals surface area (Å²) in [4.78, 5) is 28.1. The lowest BCUT2D eigenvalue weighted by atomic mass is 10.2. The Morgan fingerprint density at radius 1 is 1.25 bits per heavy atom. The first-order chi connectivity index (χ1) is 11.6. The highest BCUT2D eigenvalue weighted by Crippen LogP contribution is 2.30. The normalized spacial score (nSPS) is 13.4. The van der Waals surface area contributed by atoms with E-state index in [0.29, 0.717) is 23.1 Å². The minimum Gasteiger partial charge on any atom is -0.494 e. The van der Waals surface area contributed by atoms with E-state index in [2.05, 4.69) is 15.6 Å². The van der Waals surface area contributed by atoms with Crippen LogP contribution in [-0.4, -0.2) is 23.4 Å². The number of ether oxygens (including phenoxy) is 1. The topological polar surface area (TPSA) is 80.3 Å². The maximum absolute atomic E-state index is 12.1. The van der Waals surface area contributed by atoms with Crippen LogP contribution in [0.15, 0.2) is 29.6 Å². The van der Waals surface area contributed by atoms with Crippen molar-refractivity contribution in [1.82, 2.24) is 4.98 Å². The summed E-state index contributed by atoms with van der Waals surface area (Å²) in [6.07, 6.45) is 2.08. The molecule has 1 heterocycles. The van der Waals surface area contributed by atoms with Gasteiger partial charge in [-0.15, -0.1) is 11.3 Å². The predicted octanol–water partition coefficient (Wildman–Crippen LogP) is 3.07. The number of hydrogen-bond donors (Lipinski definition) is 2. The molecule has 1 aliphatic rings. The van der Waals surface area contributed by atoms with E-state index < -0.39 is 0 Å². The number of amides is 2. The molecule has 0 bridgehead atoms. The van der Waals surface area contributed by atoms with Gasteiger partial charge in [0.25, 0.3) is 0 Å². The lowest BCUT2D eigenvalue weighted by molar-refractivity contribution is -0.117. The van der Waals surface area contributed by atoms with Gasteiger partial charge in [0.2, 0.25) is 11.8 Å². The van der Waals surface area contributed by atoms with Crippen molar-refractivity contribution < 1.29 is 14.3 Å². The molecule has 0 saturated heterocycles. The number of benzene rings is 1. The lowest BCUT2D eigenvalue weighted by Gasteiger charge is -2.06. The van der Waals surface area contributed by atoms with Crippen molar-refractivity contribution in [3.8, 4) is 5.75 Å². The molecule has 0 atom stereocenters. The van der Waals surface area contributed by atoms with E-state index in [0.717, 1.165) is 18.6 Å². The van der Waals surface area contributed by atoms with Crippen LogP contribution in [0.5, 0.6) is 5.75 Å². The second-order valence-electron chi connectivity index (χ2n) is 5.59. The van der Waals surface area contributed by atoms with Crippen LogP contribution in [0.1, 0.15) is 25.5 Å². The van der Waals surface area contributed by atoms with Gasteiger partial charge in [-0.1, -0.05) is 0 Å². The van der Waals surface area contributed by atoms with Crippen LogP contribution in [-0.2, 0) is 16.0 Å². The molecule has 2 amide bonds. The Balaban J connectivity index is 1.50. The van der Waals surface area contributed by atoms with Gasteiger partial charge in [-0.3, -0.25) is 9.59 Å². The number of aromatic nitrogens is 1. The Hall–Kier alpha value is -2.41. The van der Waals surface area contributed by atoms with Crippen molar-refractivity contribution in [2.45, 2.75) is 26.2 Å². The number of carbonyl (C=O) groups excluding carboxylic acids is 2. The van der Waals surface area contributed by atoms with Crippen LogP contribution in [0, 0.1) is 5.92 Å². The number of rotatable bonds is 7. The van der Waals surface area contributed by atoms with Crippen LogP contribution in [0.2, 0.25) is 0 Å². The van der Waals surface area contributed by atoms with E-state index in [1.54, 1.807) is 17.5 Å². The number of anilines is 2. The summed E-state index contributed by atoms with van der Waals surface area (Å²) in [5.74, 6) is 0.783. The lowest BCUT2D eigenvalue weighted by Crippen LogP contribution is -2.15. The van der Waals surface area contributed by atoms with Gasteiger partial charge < -0.3 is 15.4 Å². The quantitative estimate of drug-likeness (QED) is 0.808. The van der Waals surface area contributed by atoms with Gasteiger partial charge in [0.15, 0.2) is 5.13 Å². The van der Waals surface area contributed by atoms with E-state index >= 15 is 0 Å². The number of carbonyl (C=O) groups is 2. The second kappa shape index (κ2) is 7.44. The Labute approximate surface area is 144 Å². The second-order valence-corrected chi connectivity index (χ2v) is 6.45. The first kappa shape index (κ1) is 16.4. The maximum Gasteiger partial charge on any atom is 0.230 e. The molecule has 1 saturated carbocycles. The van der Waals surface area contributed by atoms with Crippen LogP contribution in [0.25, 0.3) is 0 Å². The summed E-state index contributed by atoms with van der Waals surface area (Å²) in [7, 11) is 0. The molecule has 0 radical (unpaired) electrons. The fourth-order valence-electron chi connectivity index (χ4n) is 2.17. The molecule has 1 aliphatic carbocycles. The molecule has 1 aromatic carbocycles. The third-order valence-corrected chi connectivity index (χ3v) is 4.33. The average Bonchev–Trinajstić information content (AvgIpc) is 3.32. The van der Waals surface area contributed by atoms with Crippen molar-refractivity contribution >= 4 is 34.0 Å². The highest BCUT2D eigenvalue weighted by molar-refractivity contribution is 7.13. The fraction of sp³-hybridized carbons (Fsp3) is 0.353. The molecule has 24 heavy (non-hydrogen) atoms. The summed E-state index contributed by atoms with van der Waals surface area (Å²) in [6.45, 7) is 2.53. The van der Waals surface area contributed by atoms with Crippen LogP contribution in [0.4, 0.5) is 10.8 Å². The van der Waals surface area contributed by atoms with Crippen LogP contribution in [0.3, 0.4) is 0 Å². The summed E-state index contributed by atoms with van der Waals surface area (Å²) in [5, 5.41) is 7.95. The monoisotopic (exact) mass is 345 g/mol. The Morgan fingerprint density at radius 3 is 2.67 bits per heavy atom. The van der Waals surface area contributed by atoms with Crippen molar-refractivity contribution in [1.29, 1.82) is 0 Å². The third-order valence-electron chi connectivity index (χ3n) is 3.52. The molecule has 1 fully saturated rings. The summed E-state index contributed by atoms with van der Waals surface area (Å²) < 4.78 is 5.36. The highest BCUT2D eigenvalue weighted by Gasteiger charge is 2.30. The number of nitrogens with zero attached hydrogens (tertiary/aromatic N) is 1. The minimum absolute atomic E-state index is 0.0229. The van der Waals surface area contributed by atoms with Gasteiger partial charge in [0.05, 0.1) is 18.7 Å². The van der Waals surface area contributed by atoms with Gasteiger partial charge in [0.1, 0.15) is 5.75 Å². The van der Waals surface area contributed by atoms with Crippen molar-refractivity contribution in [3.63, 3.8) is 0 Å². The smallest absolute Gasteiger partial charge is 0.230 e. The predicted molar refractivity (Wildman–Crippen MR) is 93.4 cm³/mol. The molecule has 1 aromatic heterocycles. The zero-order chi connectivity index (χ0) is 16.9. The molecule has 2 aromatic rings. The third kappa shape index (κ3) is 4.55. The molecular weight excluding hydrogens is 326 g/mol. The van der Waals surface area contributed by atoms with E-state index in [1.807, 2.05) is 19.1 Å². The van der Waals surface area contributed by atoms with Crippen molar-refractivity contribution in [3.05, 3.63) is 35.3 Å². The van der Waals surface area contributed by atoms with Gasteiger partial charge in [-0.25, -0.2) is 4.98 Å². The van der Waals surface area contributed by atoms with E-state index in [-0.39, 0.29) is 24.2 Å². The van der Waals surface area contributed by atoms with Gasteiger partial charge in [-0.05, 0) is 44.0 Å². The molecule has 3 rings (SSSR count). The standard InChI is InChI=1S/C17H19N3O3S/c1-2-23-14-7-5-12(6-8-14)18-15(21)9-13-10-24-17(19-13)20-16(22)11-3-4-11/h5-8,10-11H,2-4,9H2,1H3,(H,18,21)(H,19,20,22). The number of nitrogens with one attached hydrogen (secondary N) is 2. The summed E-state index contributed by atoms with van der Waals surface area (Å²) >= 11 is 1.34. The van der Waals surface area contributed by atoms with Gasteiger partial charge >= 0.3 is 0 Å². The zero-order valence-corrected chi connectivity index (χ0v) is 14.2. The number of thiazole rings is 1. The summed E-state index contributed by atoms with van der Waals surface area (Å²) in [5.41, 5.74) is 1.36. The SMILES string of the molecule is CCOc1ccc(NC(=O)Cc2csc(NC(=O)C3CC3)n2)cc1. The largest absolute Gasteiger partial charge is 0.494 e.